The minimum Gasteiger partial charge on any atom is -0.322 e. The van der Waals surface area contributed by atoms with Crippen molar-refractivity contribution >= 4 is 11.7 Å². The molecule has 0 spiro atoms. The lowest BCUT2D eigenvalue weighted by Gasteiger charge is -2.39. The summed E-state index contributed by atoms with van der Waals surface area (Å²) in [6, 6.07) is 21.0. The maximum Gasteiger partial charge on any atom is 0.322 e. The molecule has 3 aromatic rings. The van der Waals surface area contributed by atoms with Gasteiger partial charge in [-0.25, -0.2) is 13.6 Å². The average Bonchev–Trinajstić information content (AvgIpc) is 2.79. The molecule has 3 aromatic carbocycles. The van der Waals surface area contributed by atoms with Gasteiger partial charge in [-0.05, 0) is 47.9 Å². The SMILES string of the molecule is Cc1ccc(F)c(NC(=O)N2CCN(C(c3ccccc3)c3ccc(F)cc3)CC2)c1. The molecule has 1 unspecified atom stereocenters. The normalized spacial score (nSPS) is 15.5. The van der Waals surface area contributed by atoms with Gasteiger partial charge in [0.2, 0.25) is 0 Å². The van der Waals surface area contributed by atoms with E-state index < -0.39 is 5.82 Å². The van der Waals surface area contributed by atoms with Crippen molar-refractivity contribution in [3.05, 3.63) is 101 Å². The number of nitrogens with zero attached hydrogens (tertiary/aromatic N) is 2. The second-order valence-electron chi connectivity index (χ2n) is 7.80. The monoisotopic (exact) mass is 421 g/mol. The highest BCUT2D eigenvalue weighted by molar-refractivity contribution is 5.89. The molecule has 4 rings (SSSR count). The summed E-state index contributed by atoms with van der Waals surface area (Å²) in [5.41, 5.74) is 3.20. The zero-order valence-electron chi connectivity index (χ0n) is 17.4. The van der Waals surface area contributed by atoms with Crippen LogP contribution in [0.15, 0.2) is 72.8 Å². The van der Waals surface area contributed by atoms with Gasteiger partial charge in [0.15, 0.2) is 0 Å². The van der Waals surface area contributed by atoms with E-state index in [-0.39, 0.29) is 23.6 Å². The number of nitrogens with one attached hydrogen (secondary N) is 1. The predicted molar refractivity (Wildman–Crippen MR) is 118 cm³/mol. The van der Waals surface area contributed by atoms with Crippen LogP contribution >= 0.6 is 0 Å². The lowest BCUT2D eigenvalue weighted by Crippen LogP contribution is -2.51. The van der Waals surface area contributed by atoms with Gasteiger partial charge in [-0.3, -0.25) is 4.90 Å². The highest BCUT2D eigenvalue weighted by Gasteiger charge is 2.28. The fourth-order valence-electron chi connectivity index (χ4n) is 4.01. The van der Waals surface area contributed by atoms with Gasteiger partial charge in [0.05, 0.1) is 11.7 Å². The third-order valence-corrected chi connectivity index (χ3v) is 5.63. The van der Waals surface area contributed by atoms with Crippen LogP contribution in [0.4, 0.5) is 19.3 Å². The van der Waals surface area contributed by atoms with Crippen molar-refractivity contribution < 1.29 is 13.6 Å². The number of halogens is 2. The van der Waals surface area contributed by atoms with Crippen molar-refractivity contribution in [2.24, 2.45) is 0 Å². The number of amides is 2. The Morgan fingerprint density at radius 2 is 1.52 bits per heavy atom. The summed E-state index contributed by atoms with van der Waals surface area (Å²) in [4.78, 5) is 16.7. The third-order valence-electron chi connectivity index (χ3n) is 5.63. The summed E-state index contributed by atoms with van der Waals surface area (Å²) in [5.74, 6) is -0.710. The molecule has 1 saturated heterocycles. The highest BCUT2D eigenvalue weighted by atomic mass is 19.1. The van der Waals surface area contributed by atoms with E-state index in [9.17, 15) is 13.6 Å². The molecular weight excluding hydrogens is 396 g/mol. The predicted octanol–water partition coefficient (Wildman–Crippen LogP) is 5.21. The van der Waals surface area contributed by atoms with E-state index in [4.69, 9.17) is 0 Å². The van der Waals surface area contributed by atoms with Crippen LogP contribution in [0.2, 0.25) is 0 Å². The van der Waals surface area contributed by atoms with Crippen LogP contribution in [0.3, 0.4) is 0 Å². The molecule has 1 atom stereocenters. The summed E-state index contributed by atoms with van der Waals surface area (Å²) in [7, 11) is 0. The molecule has 1 aliphatic rings. The Kier molecular flexibility index (Phi) is 6.28. The van der Waals surface area contributed by atoms with Gasteiger partial charge in [-0.2, -0.15) is 0 Å². The van der Waals surface area contributed by atoms with Crippen LogP contribution in [0, 0.1) is 18.6 Å². The van der Waals surface area contributed by atoms with Crippen molar-refractivity contribution in [2.45, 2.75) is 13.0 Å². The van der Waals surface area contributed by atoms with Crippen LogP contribution in [0.1, 0.15) is 22.7 Å². The second-order valence-corrected chi connectivity index (χ2v) is 7.80. The Morgan fingerprint density at radius 3 is 2.19 bits per heavy atom. The molecule has 1 fully saturated rings. The van der Waals surface area contributed by atoms with Gasteiger partial charge >= 0.3 is 6.03 Å². The molecular formula is C25H25F2N3O. The highest BCUT2D eigenvalue weighted by Crippen LogP contribution is 2.30. The average molecular weight is 421 g/mol. The minimum atomic E-state index is -0.446. The number of urea groups is 1. The van der Waals surface area contributed by atoms with Gasteiger partial charge in [-0.15, -0.1) is 0 Å². The first-order valence-electron chi connectivity index (χ1n) is 10.4. The van der Waals surface area contributed by atoms with Gasteiger partial charge in [-0.1, -0.05) is 48.5 Å². The Hall–Kier alpha value is -3.25. The van der Waals surface area contributed by atoms with Crippen molar-refractivity contribution in [1.29, 1.82) is 0 Å². The molecule has 160 valence electrons. The summed E-state index contributed by atoms with van der Waals surface area (Å²) < 4.78 is 27.5. The number of hydrogen-bond donors (Lipinski definition) is 1. The van der Waals surface area contributed by atoms with Gasteiger partial charge in [0.1, 0.15) is 11.6 Å². The van der Waals surface area contributed by atoms with E-state index in [0.717, 1.165) is 16.7 Å². The molecule has 31 heavy (non-hydrogen) atoms. The molecule has 0 saturated carbocycles. The first-order chi connectivity index (χ1) is 15.0. The molecule has 1 aliphatic heterocycles. The molecule has 2 amide bonds. The number of rotatable bonds is 4. The topological polar surface area (TPSA) is 35.6 Å². The number of hydrogen-bond acceptors (Lipinski definition) is 2. The molecule has 1 N–H and O–H groups in total. The van der Waals surface area contributed by atoms with Crippen LogP contribution in [-0.4, -0.2) is 42.0 Å². The molecule has 1 heterocycles. The third kappa shape index (κ3) is 4.91. The standard InChI is InChI=1S/C25H25F2N3O/c1-18-7-12-22(27)23(17-18)28-25(31)30-15-13-29(14-16-30)24(19-5-3-2-4-6-19)20-8-10-21(26)11-9-20/h2-12,17,24H,13-16H2,1H3,(H,28,31). The maximum atomic E-state index is 14.0. The summed E-state index contributed by atoms with van der Waals surface area (Å²) in [6.07, 6.45) is 0. The number of aryl methyl sites for hydroxylation is 1. The smallest absolute Gasteiger partial charge is 0.322 e. The molecule has 4 nitrogen and oxygen atoms in total. The fraction of sp³-hybridized carbons (Fsp3) is 0.240. The van der Waals surface area contributed by atoms with Crippen molar-refractivity contribution in [3.8, 4) is 0 Å². The zero-order valence-corrected chi connectivity index (χ0v) is 17.4. The fourth-order valence-corrected chi connectivity index (χ4v) is 4.01. The second kappa shape index (κ2) is 9.27. The van der Waals surface area contributed by atoms with E-state index in [2.05, 4.69) is 22.3 Å². The first kappa shape index (κ1) is 21.0. The Balaban J connectivity index is 1.47. The number of carbonyl (C=O) groups excluding carboxylic acids is 1. The molecule has 0 aliphatic carbocycles. The molecule has 0 aromatic heterocycles. The molecule has 0 radical (unpaired) electrons. The van der Waals surface area contributed by atoms with Gasteiger partial charge in [0, 0.05) is 26.2 Å². The van der Waals surface area contributed by atoms with E-state index in [1.54, 1.807) is 17.0 Å². The summed E-state index contributed by atoms with van der Waals surface area (Å²) in [6.45, 7) is 4.20. The van der Waals surface area contributed by atoms with Gasteiger partial charge < -0.3 is 10.2 Å². The van der Waals surface area contributed by atoms with Gasteiger partial charge in [0.25, 0.3) is 0 Å². The largest absolute Gasteiger partial charge is 0.322 e. The number of anilines is 1. The Labute approximate surface area is 181 Å². The molecule has 6 heteroatoms. The first-order valence-corrected chi connectivity index (χ1v) is 10.4. The van der Waals surface area contributed by atoms with E-state index in [1.807, 2.05) is 37.3 Å². The summed E-state index contributed by atoms with van der Waals surface area (Å²) >= 11 is 0. The van der Waals surface area contributed by atoms with Crippen molar-refractivity contribution in [1.82, 2.24) is 9.80 Å². The zero-order chi connectivity index (χ0) is 21.8. The van der Waals surface area contributed by atoms with Crippen molar-refractivity contribution in [2.75, 3.05) is 31.5 Å². The Morgan fingerprint density at radius 1 is 0.871 bits per heavy atom. The van der Waals surface area contributed by atoms with Crippen molar-refractivity contribution in [3.63, 3.8) is 0 Å². The lowest BCUT2D eigenvalue weighted by molar-refractivity contribution is 0.126. The molecule has 0 bridgehead atoms. The van der Waals surface area contributed by atoms with Crippen LogP contribution in [-0.2, 0) is 0 Å². The van der Waals surface area contributed by atoms with Crippen LogP contribution < -0.4 is 5.32 Å². The van der Waals surface area contributed by atoms with E-state index in [0.29, 0.717) is 26.2 Å². The quantitative estimate of drug-likeness (QED) is 0.628. The van der Waals surface area contributed by atoms with E-state index >= 15 is 0 Å². The van der Waals surface area contributed by atoms with Crippen LogP contribution in [0.5, 0.6) is 0 Å². The summed E-state index contributed by atoms with van der Waals surface area (Å²) in [5, 5.41) is 2.69. The number of carbonyl (C=O) groups is 1. The number of piperazine rings is 1. The van der Waals surface area contributed by atoms with E-state index in [1.165, 1.54) is 18.2 Å². The lowest BCUT2D eigenvalue weighted by atomic mass is 9.96. The Bertz CT molecular complexity index is 1030. The maximum absolute atomic E-state index is 14.0. The number of benzene rings is 3. The minimum absolute atomic E-state index is 0.0266. The van der Waals surface area contributed by atoms with Crippen LogP contribution in [0.25, 0.3) is 0 Å².